The Morgan fingerprint density at radius 1 is 1.17 bits per heavy atom. The number of rotatable bonds is 0. The monoisotopic (exact) mass is 191 g/mol. The maximum atomic E-state index is 9.55. The van der Waals surface area contributed by atoms with Crippen molar-refractivity contribution in [2.75, 3.05) is 18.8 Å². The SMILES string of the molecule is OC1CN2CCSC2C(O)C1O. The van der Waals surface area contributed by atoms with E-state index in [1.807, 2.05) is 4.90 Å². The van der Waals surface area contributed by atoms with E-state index >= 15 is 0 Å². The minimum atomic E-state index is -0.975. The Hall–Kier alpha value is 0.190. The average Bonchev–Trinajstić information content (AvgIpc) is 2.48. The highest BCUT2D eigenvalue weighted by atomic mass is 32.2. The van der Waals surface area contributed by atoms with Crippen molar-refractivity contribution in [3.8, 4) is 0 Å². The number of piperidine rings is 1. The summed E-state index contributed by atoms with van der Waals surface area (Å²) in [7, 11) is 0. The lowest BCUT2D eigenvalue weighted by Crippen LogP contribution is -2.58. The van der Waals surface area contributed by atoms with Crippen LogP contribution in [0, 0.1) is 0 Å². The molecule has 12 heavy (non-hydrogen) atoms. The fraction of sp³-hybridized carbons (Fsp3) is 1.00. The molecule has 0 amide bonds. The highest BCUT2D eigenvalue weighted by Gasteiger charge is 2.43. The highest BCUT2D eigenvalue weighted by molar-refractivity contribution is 8.00. The summed E-state index contributed by atoms with van der Waals surface area (Å²) in [6, 6.07) is 0. The Labute approximate surface area is 75.2 Å². The zero-order valence-corrected chi connectivity index (χ0v) is 7.44. The van der Waals surface area contributed by atoms with Crippen LogP contribution < -0.4 is 0 Å². The summed E-state index contributed by atoms with van der Waals surface area (Å²) < 4.78 is 0. The van der Waals surface area contributed by atoms with E-state index in [4.69, 9.17) is 0 Å². The second-order valence-corrected chi connectivity index (χ2v) is 4.53. The molecule has 0 aromatic heterocycles. The van der Waals surface area contributed by atoms with Gasteiger partial charge in [-0.1, -0.05) is 0 Å². The summed E-state index contributed by atoms with van der Waals surface area (Å²) in [5.74, 6) is 0.973. The third-order valence-electron chi connectivity index (χ3n) is 2.48. The summed E-state index contributed by atoms with van der Waals surface area (Å²) in [5, 5.41) is 28.2. The standard InChI is InChI=1S/C7H13NO3S/c9-4-3-8-1-2-12-7(8)6(11)5(4)10/h4-7,9-11H,1-3H2. The van der Waals surface area contributed by atoms with Gasteiger partial charge < -0.3 is 15.3 Å². The molecule has 2 rings (SSSR count). The van der Waals surface area contributed by atoms with Gasteiger partial charge in [0.05, 0.1) is 11.5 Å². The van der Waals surface area contributed by atoms with Crippen molar-refractivity contribution in [2.24, 2.45) is 0 Å². The van der Waals surface area contributed by atoms with Crippen molar-refractivity contribution in [1.29, 1.82) is 0 Å². The number of aliphatic hydroxyl groups excluding tert-OH is 3. The van der Waals surface area contributed by atoms with E-state index in [2.05, 4.69) is 0 Å². The van der Waals surface area contributed by atoms with E-state index in [9.17, 15) is 15.3 Å². The van der Waals surface area contributed by atoms with Crippen LogP contribution in [0.15, 0.2) is 0 Å². The fourth-order valence-corrected chi connectivity index (χ4v) is 3.12. The molecular weight excluding hydrogens is 178 g/mol. The maximum Gasteiger partial charge on any atom is 0.109 e. The van der Waals surface area contributed by atoms with Crippen LogP contribution in [0.4, 0.5) is 0 Å². The fourth-order valence-electron chi connectivity index (χ4n) is 1.78. The molecule has 4 unspecified atom stereocenters. The molecule has 4 nitrogen and oxygen atoms in total. The zero-order valence-electron chi connectivity index (χ0n) is 6.63. The van der Waals surface area contributed by atoms with Gasteiger partial charge in [-0.15, -0.1) is 11.8 Å². The maximum absolute atomic E-state index is 9.55. The van der Waals surface area contributed by atoms with E-state index in [1.54, 1.807) is 11.8 Å². The van der Waals surface area contributed by atoms with Crippen LogP contribution in [0.5, 0.6) is 0 Å². The van der Waals surface area contributed by atoms with Gasteiger partial charge in [-0.2, -0.15) is 0 Å². The summed E-state index contributed by atoms with van der Waals surface area (Å²) in [4.78, 5) is 2.02. The van der Waals surface area contributed by atoms with Gasteiger partial charge in [0.1, 0.15) is 12.2 Å². The first-order valence-corrected chi connectivity index (χ1v) is 5.15. The van der Waals surface area contributed by atoms with Gasteiger partial charge in [0.15, 0.2) is 0 Å². The Kier molecular flexibility index (Phi) is 2.31. The van der Waals surface area contributed by atoms with E-state index in [0.717, 1.165) is 12.3 Å². The van der Waals surface area contributed by atoms with Gasteiger partial charge >= 0.3 is 0 Å². The Morgan fingerprint density at radius 2 is 1.92 bits per heavy atom. The normalized spacial score (nSPS) is 49.2. The Morgan fingerprint density at radius 3 is 2.67 bits per heavy atom. The Bertz CT molecular complexity index is 180. The third-order valence-corrected chi connectivity index (χ3v) is 3.82. The van der Waals surface area contributed by atoms with Crippen molar-refractivity contribution >= 4 is 11.8 Å². The lowest BCUT2D eigenvalue weighted by atomic mass is 10.0. The second kappa shape index (κ2) is 3.16. The predicted molar refractivity (Wildman–Crippen MR) is 45.8 cm³/mol. The number of fused-ring (bicyclic) bond motifs is 1. The molecule has 2 fully saturated rings. The predicted octanol–water partition coefficient (Wildman–Crippen LogP) is -1.54. The topological polar surface area (TPSA) is 63.9 Å². The smallest absolute Gasteiger partial charge is 0.109 e. The average molecular weight is 191 g/mol. The second-order valence-electron chi connectivity index (χ2n) is 3.30. The van der Waals surface area contributed by atoms with Crippen molar-refractivity contribution in [1.82, 2.24) is 4.90 Å². The zero-order chi connectivity index (χ0) is 8.72. The largest absolute Gasteiger partial charge is 0.389 e. The van der Waals surface area contributed by atoms with Crippen LogP contribution in [0.2, 0.25) is 0 Å². The number of nitrogens with zero attached hydrogens (tertiary/aromatic N) is 1. The summed E-state index contributed by atoms with van der Waals surface area (Å²) in [5.41, 5.74) is 0. The highest BCUT2D eigenvalue weighted by Crippen LogP contribution is 2.32. The molecule has 0 bridgehead atoms. The van der Waals surface area contributed by atoms with Crippen LogP contribution in [0.3, 0.4) is 0 Å². The van der Waals surface area contributed by atoms with Crippen LogP contribution >= 0.6 is 11.8 Å². The lowest BCUT2D eigenvalue weighted by Gasteiger charge is -2.39. The van der Waals surface area contributed by atoms with Crippen LogP contribution in [0.25, 0.3) is 0 Å². The number of hydrogen-bond acceptors (Lipinski definition) is 5. The van der Waals surface area contributed by atoms with Crippen molar-refractivity contribution in [2.45, 2.75) is 23.7 Å². The van der Waals surface area contributed by atoms with Gasteiger partial charge in [-0.3, -0.25) is 4.90 Å². The van der Waals surface area contributed by atoms with Crippen LogP contribution in [0.1, 0.15) is 0 Å². The number of hydrogen-bond donors (Lipinski definition) is 3. The lowest BCUT2D eigenvalue weighted by molar-refractivity contribution is -0.114. The molecule has 0 spiro atoms. The van der Waals surface area contributed by atoms with Gasteiger partial charge in [-0.25, -0.2) is 0 Å². The first-order chi connectivity index (χ1) is 5.70. The molecule has 4 atom stereocenters. The summed E-state index contributed by atoms with van der Waals surface area (Å²) >= 11 is 1.64. The first-order valence-electron chi connectivity index (χ1n) is 4.10. The van der Waals surface area contributed by atoms with Gasteiger partial charge in [0.25, 0.3) is 0 Å². The summed E-state index contributed by atoms with van der Waals surface area (Å²) in [6.07, 6.45) is -2.58. The molecular formula is C7H13NO3S. The first kappa shape index (κ1) is 8.77. The molecule has 2 aliphatic rings. The van der Waals surface area contributed by atoms with Crippen molar-refractivity contribution in [3.05, 3.63) is 0 Å². The molecule has 5 heteroatoms. The van der Waals surface area contributed by atoms with Gasteiger partial charge in [0, 0.05) is 18.8 Å². The minimum absolute atomic E-state index is 0.0107. The van der Waals surface area contributed by atoms with Gasteiger partial charge in [0.2, 0.25) is 0 Å². The molecule has 2 aliphatic heterocycles. The number of thioether (sulfide) groups is 1. The van der Waals surface area contributed by atoms with Crippen molar-refractivity contribution < 1.29 is 15.3 Å². The van der Waals surface area contributed by atoms with Crippen LogP contribution in [-0.4, -0.2) is 62.7 Å². The Balaban J connectivity index is 2.10. The number of aliphatic hydroxyl groups is 3. The van der Waals surface area contributed by atoms with E-state index < -0.39 is 18.3 Å². The molecule has 3 N–H and O–H groups in total. The van der Waals surface area contributed by atoms with E-state index in [1.165, 1.54) is 0 Å². The third kappa shape index (κ3) is 1.25. The quantitative estimate of drug-likeness (QED) is 0.433. The molecule has 2 saturated heterocycles. The molecule has 70 valence electrons. The summed E-state index contributed by atoms with van der Waals surface area (Å²) in [6.45, 7) is 1.38. The van der Waals surface area contributed by atoms with E-state index in [-0.39, 0.29) is 5.37 Å². The molecule has 0 aliphatic carbocycles. The molecule has 0 radical (unpaired) electrons. The molecule has 0 saturated carbocycles. The van der Waals surface area contributed by atoms with Crippen molar-refractivity contribution in [3.63, 3.8) is 0 Å². The minimum Gasteiger partial charge on any atom is -0.389 e. The molecule has 2 heterocycles. The van der Waals surface area contributed by atoms with Gasteiger partial charge in [-0.05, 0) is 0 Å². The molecule has 0 aromatic carbocycles. The molecule has 0 aromatic rings. The van der Waals surface area contributed by atoms with Crippen LogP contribution in [-0.2, 0) is 0 Å². The van der Waals surface area contributed by atoms with E-state index in [0.29, 0.717) is 6.54 Å².